The van der Waals surface area contributed by atoms with E-state index in [0.717, 1.165) is 12.8 Å². The van der Waals surface area contributed by atoms with E-state index in [1.165, 1.54) is 0 Å². The standard InChI is InChI=1S/C13H20O/c1-4-7-12(14)13-10(3)8-6-9-11(13)5-2/h4,6-7,9-11,13H,5,8H2,1-3H3/t10-,11-,13+/m0/s1. The van der Waals surface area contributed by atoms with Crippen LogP contribution in [0.15, 0.2) is 24.3 Å². The summed E-state index contributed by atoms with van der Waals surface area (Å²) in [5.74, 6) is 1.45. The van der Waals surface area contributed by atoms with Gasteiger partial charge in [-0.3, -0.25) is 4.79 Å². The van der Waals surface area contributed by atoms with Crippen LogP contribution < -0.4 is 0 Å². The van der Waals surface area contributed by atoms with Gasteiger partial charge in [0, 0.05) is 5.92 Å². The topological polar surface area (TPSA) is 17.1 Å². The first-order chi connectivity index (χ1) is 6.70. The summed E-state index contributed by atoms with van der Waals surface area (Å²) >= 11 is 0. The van der Waals surface area contributed by atoms with E-state index < -0.39 is 0 Å². The van der Waals surface area contributed by atoms with Crippen molar-refractivity contribution in [2.45, 2.75) is 33.6 Å². The van der Waals surface area contributed by atoms with Crippen molar-refractivity contribution in [2.75, 3.05) is 0 Å². The van der Waals surface area contributed by atoms with Crippen LogP contribution in [0.5, 0.6) is 0 Å². The van der Waals surface area contributed by atoms with Crippen LogP contribution in [0.1, 0.15) is 33.6 Å². The molecule has 14 heavy (non-hydrogen) atoms. The molecule has 78 valence electrons. The van der Waals surface area contributed by atoms with Gasteiger partial charge in [-0.1, -0.05) is 32.1 Å². The number of hydrogen-bond acceptors (Lipinski definition) is 1. The summed E-state index contributed by atoms with van der Waals surface area (Å²) in [5.41, 5.74) is 0. The monoisotopic (exact) mass is 192 g/mol. The van der Waals surface area contributed by atoms with Gasteiger partial charge in [0.2, 0.25) is 0 Å². The Balaban J connectivity index is 2.81. The molecule has 1 aliphatic carbocycles. The maximum absolute atomic E-state index is 11.9. The number of rotatable bonds is 3. The van der Waals surface area contributed by atoms with E-state index >= 15 is 0 Å². The van der Waals surface area contributed by atoms with Gasteiger partial charge >= 0.3 is 0 Å². The van der Waals surface area contributed by atoms with Gasteiger partial charge in [-0.25, -0.2) is 0 Å². The summed E-state index contributed by atoms with van der Waals surface area (Å²) in [4.78, 5) is 11.9. The van der Waals surface area contributed by atoms with Crippen molar-refractivity contribution >= 4 is 5.78 Å². The van der Waals surface area contributed by atoms with Crippen LogP contribution in [-0.4, -0.2) is 5.78 Å². The summed E-state index contributed by atoms with van der Waals surface area (Å²) in [7, 11) is 0. The van der Waals surface area contributed by atoms with Crippen LogP contribution in [0.3, 0.4) is 0 Å². The fourth-order valence-corrected chi connectivity index (χ4v) is 2.31. The highest BCUT2D eigenvalue weighted by molar-refractivity contribution is 5.92. The highest BCUT2D eigenvalue weighted by atomic mass is 16.1. The van der Waals surface area contributed by atoms with Crippen molar-refractivity contribution in [3.63, 3.8) is 0 Å². The van der Waals surface area contributed by atoms with E-state index in [1.54, 1.807) is 6.08 Å². The average Bonchev–Trinajstić information content (AvgIpc) is 2.17. The Bertz CT molecular complexity index is 250. The second-order valence-electron chi connectivity index (χ2n) is 4.14. The van der Waals surface area contributed by atoms with Crippen molar-refractivity contribution in [1.29, 1.82) is 0 Å². The molecule has 0 N–H and O–H groups in total. The van der Waals surface area contributed by atoms with Crippen LogP contribution in [0, 0.1) is 17.8 Å². The highest BCUT2D eigenvalue weighted by Crippen LogP contribution is 2.32. The minimum atomic E-state index is 0.209. The lowest BCUT2D eigenvalue weighted by atomic mass is 9.73. The summed E-state index contributed by atoms with van der Waals surface area (Å²) in [6.07, 6.45) is 10.1. The summed E-state index contributed by atoms with van der Waals surface area (Å²) in [6.45, 7) is 6.24. The minimum Gasteiger partial charge on any atom is -0.295 e. The van der Waals surface area contributed by atoms with Crippen molar-refractivity contribution in [2.24, 2.45) is 17.8 Å². The van der Waals surface area contributed by atoms with Gasteiger partial charge in [0.15, 0.2) is 5.78 Å². The van der Waals surface area contributed by atoms with E-state index in [9.17, 15) is 4.79 Å². The Morgan fingerprint density at radius 3 is 2.86 bits per heavy atom. The molecule has 1 rings (SSSR count). The molecule has 0 aromatic heterocycles. The van der Waals surface area contributed by atoms with Crippen LogP contribution in [0.2, 0.25) is 0 Å². The lowest BCUT2D eigenvalue weighted by molar-refractivity contribution is -0.121. The Morgan fingerprint density at radius 1 is 1.57 bits per heavy atom. The van der Waals surface area contributed by atoms with Crippen molar-refractivity contribution in [3.05, 3.63) is 24.3 Å². The molecule has 0 spiro atoms. The van der Waals surface area contributed by atoms with Crippen LogP contribution in [0.4, 0.5) is 0 Å². The van der Waals surface area contributed by atoms with Gasteiger partial charge in [-0.15, -0.1) is 0 Å². The Morgan fingerprint density at radius 2 is 2.29 bits per heavy atom. The van der Waals surface area contributed by atoms with Crippen molar-refractivity contribution < 1.29 is 4.79 Å². The van der Waals surface area contributed by atoms with Gasteiger partial charge in [0.05, 0.1) is 0 Å². The first kappa shape index (κ1) is 11.2. The zero-order valence-electron chi connectivity index (χ0n) is 9.36. The van der Waals surface area contributed by atoms with Crippen LogP contribution in [0.25, 0.3) is 0 Å². The molecule has 0 saturated heterocycles. The minimum absolute atomic E-state index is 0.209. The zero-order chi connectivity index (χ0) is 10.6. The smallest absolute Gasteiger partial charge is 0.159 e. The summed E-state index contributed by atoms with van der Waals surface area (Å²) in [5, 5.41) is 0. The van der Waals surface area contributed by atoms with Crippen LogP contribution in [-0.2, 0) is 4.79 Å². The number of carbonyl (C=O) groups excluding carboxylic acids is 1. The van der Waals surface area contributed by atoms with Gasteiger partial charge in [0.1, 0.15) is 0 Å². The van der Waals surface area contributed by atoms with Gasteiger partial charge in [-0.05, 0) is 37.7 Å². The quantitative estimate of drug-likeness (QED) is 0.495. The SMILES string of the molecule is CC=CC(=O)[C@H]1[C@@H](CC)C=CC[C@@H]1C. The molecule has 0 heterocycles. The van der Waals surface area contributed by atoms with Gasteiger partial charge in [0.25, 0.3) is 0 Å². The average molecular weight is 192 g/mol. The Kier molecular flexibility index (Phi) is 4.12. The summed E-state index contributed by atoms with van der Waals surface area (Å²) < 4.78 is 0. The maximum atomic E-state index is 11.9. The van der Waals surface area contributed by atoms with Gasteiger partial charge in [-0.2, -0.15) is 0 Å². The third kappa shape index (κ3) is 2.34. The van der Waals surface area contributed by atoms with E-state index in [0.29, 0.717) is 17.6 Å². The molecule has 1 nitrogen and oxygen atoms in total. The van der Waals surface area contributed by atoms with E-state index in [-0.39, 0.29) is 5.92 Å². The molecular weight excluding hydrogens is 172 g/mol. The number of allylic oxidation sites excluding steroid dienone is 4. The molecule has 0 amide bonds. The molecule has 0 aromatic carbocycles. The molecule has 0 aromatic rings. The fourth-order valence-electron chi connectivity index (χ4n) is 2.31. The second kappa shape index (κ2) is 5.14. The number of ketones is 1. The third-order valence-corrected chi connectivity index (χ3v) is 3.10. The van der Waals surface area contributed by atoms with E-state index in [1.807, 2.05) is 13.0 Å². The van der Waals surface area contributed by atoms with E-state index in [4.69, 9.17) is 0 Å². The first-order valence-electron chi connectivity index (χ1n) is 5.53. The highest BCUT2D eigenvalue weighted by Gasteiger charge is 2.30. The predicted molar refractivity (Wildman–Crippen MR) is 60.0 cm³/mol. The predicted octanol–water partition coefficient (Wildman–Crippen LogP) is 3.37. The molecule has 1 aliphatic rings. The third-order valence-electron chi connectivity index (χ3n) is 3.10. The maximum Gasteiger partial charge on any atom is 0.159 e. The molecule has 0 saturated carbocycles. The molecule has 0 radical (unpaired) electrons. The number of hydrogen-bond donors (Lipinski definition) is 0. The lowest BCUT2D eigenvalue weighted by Gasteiger charge is -2.30. The first-order valence-corrected chi connectivity index (χ1v) is 5.53. The van der Waals surface area contributed by atoms with E-state index in [2.05, 4.69) is 26.0 Å². The van der Waals surface area contributed by atoms with Crippen LogP contribution >= 0.6 is 0 Å². The molecule has 0 aliphatic heterocycles. The van der Waals surface area contributed by atoms with Crippen molar-refractivity contribution in [3.8, 4) is 0 Å². The molecule has 0 unspecified atom stereocenters. The molecule has 0 bridgehead atoms. The second-order valence-corrected chi connectivity index (χ2v) is 4.14. The lowest BCUT2D eigenvalue weighted by Crippen LogP contribution is -2.29. The van der Waals surface area contributed by atoms with Gasteiger partial charge < -0.3 is 0 Å². The zero-order valence-corrected chi connectivity index (χ0v) is 9.36. The largest absolute Gasteiger partial charge is 0.295 e. The number of carbonyl (C=O) groups is 1. The Labute approximate surface area is 86.9 Å². The molecular formula is C13H20O. The van der Waals surface area contributed by atoms with Crippen molar-refractivity contribution in [1.82, 2.24) is 0 Å². The Hall–Kier alpha value is -0.850. The molecule has 0 fully saturated rings. The molecule has 1 heteroatoms. The fraction of sp³-hybridized carbons (Fsp3) is 0.615. The normalized spacial score (nSPS) is 32.4. The summed E-state index contributed by atoms with van der Waals surface area (Å²) in [6, 6.07) is 0. The molecule has 3 atom stereocenters.